The average Bonchev–Trinajstić information content (AvgIpc) is 2.56. The lowest BCUT2D eigenvalue weighted by atomic mass is 10.1. The van der Waals surface area contributed by atoms with Crippen LogP contribution in [0, 0.1) is 0 Å². The molecule has 24 heavy (non-hydrogen) atoms. The SMILES string of the molecule is C[C@@H](C(=O)Nc1ccc(Cl)cc1)[NH+](C)Cc1ccc(N(C)C)cc1. The van der Waals surface area contributed by atoms with Crippen LogP contribution in [0.3, 0.4) is 0 Å². The summed E-state index contributed by atoms with van der Waals surface area (Å²) in [6.07, 6.45) is 0. The van der Waals surface area contributed by atoms with E-state index in [9.17, 15) is 4.79 Å². The number of halogens is 1. The quantitative estimate of drug-likeness (QED) is 0.843. The Labute approximate surface area is 149 Å². The van der Waals surface area contributed by atoms with Crippen LogP contribution in [-0.4, -0.2) is 33.1 Å². The normalized spacial score (nSPS) is 13.2. The van der Waals surface area contributed by atoms with Crippen LogP contribution in [0.5, 0.6) is 0 Å². The molecule has 1 amide bonds. The number of quaternary nitrogens is 1. The number of carbonyl (C=O) groups excluding carboxylic acids is 1. The molecule has 0 spiro atoms. The molecule has 0 saturated carbocycles. The van der Waals surface area contributed by atoms with E-state index in [2.05, 4.69) is 34.5 Å². The number of hydrogen-bond donors (Lipinski definition) is 2. The Morgan fingerprint density at radius 3 is 2.25 bits per heavy atom. The van der Waals surface area contributed by atoms with Crippen LogP contribution in [0.4, 0.5) is 11.4 Å². The molecule has 0 bridgehead atoms. The Hall–Kier alpha value is -2.04. The molecule has 0 saturated heterocycles. The molecule has 0 fully saturated rings. The molecule has 4 nitrogen and oxygen atoms in total. The van der Waals surface area contributed by atoms with Crippen LogP contribution in [0.25, 0.3) is 0 Å². The van der Waals surface area contributed by atoms with Crippen molar-refractivity contribution >= 4 is 28.9 Å². The van der Waals surface area contributed by atoms with Gasteiger partial charge in [0.2, 0.25) is 0 Å². The largest absolute Gasteiger partial charge is 0.378 e. The van der Waals surface area contributed by atoms with Gasteiger partial charge < -0.3 is 15.1 Å². The molecule has 2 aromatic carbocycles. The van der Waals surface area contributed by atoms with Gasteiger partial charge in [0.1, 0.15) is 6.54 Å². The van der Waals surface area contributed by atoms with Crippen LogP contribution < -0.4 is 15.1 Å². The Bertz CT molecular complexity index is 668. The molecule has 2 atom stereocenters. The zero-order valence-electron chi connectivity index (χ0n) is 14.6. The van der Waals surface area contributed by atoms with Crippen molar-refractivity contribution in [1.82, 2.24) is 0 Å². The van der Waals surface area contributed by atoms with Crippen molar-refractivity contribution in [3.05, 3.63) is 59.1 Å². The first-order valence-electron chi connectivity index (χ1n) is 8.02. The van der Waals surface area contributed by atoms with E-state index in [4.69, 9.17) is 11.6 Å². The van der Waals surface area contributed by atoms with E-state index in [1.807, 2.05) is 40.2 Å². The highest BCUT2D eigenvalue weighted by Gasteiger charge is 2.22. The van der Waals surface area contributed by atoms with Crippen molar-refractivity contribution in [3.63, 3.8) is 0 Å². The zero-order valence-corrected chi connectivity index (χ0v) is 15.4. The van der Waals surface area contributed by atoms with E-state index >= 15 is 0 Å². The van der Waals surface area contributed by atoms with Crippen molar-refractivity contribution in [2.75, 3.05) is 31.4 Å². The number of anilines is 2. The fraction of sp³-hybridized carbons (Fsp3) is 0.316. The molecule has 128 valence electrons. The number of amides is 1. The maximum Gasteiger partial charge on any atom is 0.282 e. The molecule has 5 heteroatoms. The molecule has 0 aliphatic carbocycles. The van der Waals surface area contributed by atoms with E-state index in [-0.39, 0.29) is 11.9 Å². The Morgan fingerprint density at radius 2 is 1.71 bits per heavy atom. The number of rotatable bonds is 6. The summed E-state index contributed by atoms with van der Waals surface area (Å²) in [6, 6.07) is 15.4. The van der Waals surface area contributed by atoms with E-state index in [1.165, 1.54) is 11.3 Å². The third kappa shape index (κ3) is 4.98. The van der Waals surface area contributed by atoms with Crippen molar-refractivity contribution in [3.8, 4) is 0 Å². The summed E-state index contributed by atoms with van der Waals surface area (Å²) in [5.41, 5.74) is 3.15. The number of likely N-dealkylation sites (N-methyl/N-ethyl adjacent to an activating group) is 1. The smallest absolute Gasteiger partial charge is 0.282 e. The van der Waals surface area contributed by atoms with Gasteiger partial charge in [-0.2, -0.15) is 0 Å². The highest BCUT2D eigenvalue weighted by atomic mass is 35.5. The molecule has 0 radical (unpaired) electrons. The molecule has 2 aromatic rings. The molecule has 2 N–H and O–H groups in total. The minimum Gasteiger partial charge on any atom is -0.378 e. The summed E-state index contributed by atoms with van der Waals surface area (Å²) < 4.78 is 0. The van der Waals surface area contributed by atoms with Gasteiger partial charge in [0.25, 0.3) is 5.91 Å². The average molecular weight is 347 g/mol. The van der Waals surface area contributed by atoms with Gasteiger partial charge in [-0.25, -0.2) is 0 Å². The minimum atomic E-state index is -0.158. The molecule has 0 aliphatic rings. The van der Waals surface area contributed by atoms with Gasteiger partial charge in [-0.1, -0.05) is 23.7 Å². The number of hydrogen-bond acceptors (Lipinski definition) is 2. The monoisotopic (exact) mass is 346 g/mol. The zero-order chi connectivity index (χ0) is 17.7. The van der Waals surface area contributed by atoms with E-state index in [0.29, 0.717) is 5.02 Å². The number of carbonyl (C=O) groups is 1. The first-order valence-corrected chi connectivity index (χ1v) is 8.39. The standard InChI is InChI=1S/C19H24ClN3O/c1-14(19(24)21-17-9-7-16(20)8-10-17)23(4)13-15-5-11-18(12-6-15)22(2)3/h5-12,14H,13H2,1-4H3,(H,21,24)/p+1/t14-/m0/s1. The summed E-state index contributed by atoms with van der Waals surface area (Å²) in [5, 5.41) is 3.59. The second kappa shape index (κ2) is 8.18. The van der Waals surface area contributed by atoms with E-state index in [0.717, 1.165) is 17.1 Å². The highest BCUT2D eigenvalue weighted by Crippen LogP contribution is 2.13. The highest BCUT2D eigenvalue weighted by molar-refractivity contribution is 6.30. The second-order valence-electron chi connectivity index (χ2n) is 6.30. The van der Waals surface area contributed by atoms with E-state index < -0.39 is 0 Å². The maximum absolute atomic E-state index is 12.4. The third-order valence-corrected chi connectivity index (χ3v) is 4.43. The summed E-state index contributed by atoms with van der Waals surface area (Å²) >= 11 is 5.86. The van der Waals surface area contributed by atoms with Crippen molar-refractivity contribution in [2.45, 2.75) is 19.5 Å². The fourth-order valence-corrected chi connectivity index (χ4v) is 2.52. The summed E-state index contributed by atoms with van der Waals surface area (Å²) in [4.78, 5) is 15.6. The molecular weight excluding hydrogens is 322 g/mol. The first-order chi connectivity index (χ1) is 11.4. The molecule has 1 unspecified atom stereocenters. The van der Waals surface area contributed by atoms with Crippen LogP contribution >= 0.6 is 11.6 Å². The lowest BCUT2D eigenvalue weighted by Gasteiger charge is -2.21. The Balaban J connectivity index is 1.94. The Morgan fingerprint density at radius 1 is 1.12 bits per heavy atom. The van der Waals surface area contributed by atoms with Crippen molar-refractivity contribution in [1.29, 1.82) is 0 Å². The summed E-state index contributed by atoms with van der Waals surface area (Å²) in [6.45, 7) is 2.73. The minimum absolute atomic E-state index is 0.000246. The predicted octanol–water partition coefficient (Wildman–Crippen LogP) is 2.45. The van der Waals surface area contributed by atoms with Gasteiger partial charge >= 0.3 is 0 Å². The van der Waals surface area contributed by atoms with Gasteiger partial charge in [-0.3, -0.25) is 4.79 Å². The van der Waals surface area contributed by atoms with Crippen molar-refractivity contribution in [2.24, 2.45) is 0 Å². The van der Waals surface area contributed by atoms with Crippen molar-refractivity contribution < 1.29 is 9.69 Å². The summed E-state index contributed by atoms with van der Waals surface area (Å²) in [5.74, 6) is -0.000246. The fourth-order valence-electron chi connectivity index (χ4n) is 2.39. The van der Waals surface area contributed by atoms with Gasteiger partial charge in [0.15, 0.2) is 6.04 Å². The lowest BCUT2D eigenvalue weighted by molar-refractivity contribution is -0.907. The molecular formula is C19H25ClN3O+. The molecule has 0 aliphatic heterocycles. The molecule has 0 aromatic heterocycles. The van der Waals surface area contributed by atoms with Crippen LogP contribution in [0.2, 0.25) is 5.02 Å². The molecule has 0 heterocycles. The van der Waals surface area contributed by atoms with Crippen LogP contribution in [0.1, 0.15) is 12.5 Å². The van der Waals surface area contributed by atoms with Gasteiger partial charge in [0.05, 0.1) is 7.05 Å². The first kappa shape index (κ1) is 18.3. The number of nitrogens with one attached hydrogen (secondary N) is 2. The van der Waals surface area contributed by atoms with Crippen LogP contribution in [0.15, 0.2) is 48.5 Å². The topological polar surface area (TPSA) is 36.8 Å². The molecule has 2 rings (SSSR count). The maximum atomic E-state index is 12.4. The third-order valence-electron chi connectivity index (χ3n) is 4.18. The number of benzene rings is 2. The van der Waals surface area contributed by atoms with E-state index in [1.54, 1.807) is 12.1 Å². The lowest BCUT2D eigenvalue weighted by Crippen LogP contribution is -3.12. The van der Waals surface area contributed by atoms with Gasteiger partial charge in [-0.15, -0.1) is 0 Å². The Kier molecular flexibility index (Phi) is 6.23. The predicted molar refractivity (Wildman–Crippen MR) is 101 cm³/mol. The second-order valence-corrected chi connectivity index (χ2v) is 6.74. The van der Waals surface area contributed by atoms with Gasteiger partial charge in [-0.05, 0) is 43.3 Å². The summed E-state index contributed by atoms with van der Waals surface area (Å²) in [7, 11) is 6.08. The number of nitrogens with zero attached hydrogens (tertiary/aromatic N) is 1. The van der Waals surface area contributed by atoms with Crippen LogP contribution in [-0.2, 0) is 11.3 Å². The van der Waals surface area contributed by atoms with Gasteiger partial charge in [0, 0.05) is 36.1 Å².